The van der Waals surface area contributed by atoms with Crippen LogP contribution in [-0.4, -0.2) is 40.3 Å². The Kier molecular flexibility index (Phi) is 7.41. The van der Waals surface area contributed by atoms with Crippen molar-refractivity contribution in [3.63, 3.8) is 0 Å². The zero-order valence-corrected chi connectivity index (χ0v) is 15.7. The first-order valence-electron chi connectivity index (χ1n) is 8.09. The van der Waals surface area contributed by atoms with Crippen molar-refractivity contribution >= 4 is 11.7 Å². The summed E-state index contributed by atoms with van der Waals surface area (Å²) in [5.74, 6) is -1.40. The SMILES string of the molecule is CC(C)(C)N.CC1=CC(C(=O)O)=NCN1Cc1cccc(OC(F)(F)F)c1. The third-order valence-electron chi connectivity index (χ3n) is 2.98. The number of aliphatic imine (C=N–C) groups is 1. The lowest BCUT2D eigenvalue weighted by Crippen LogP contribution is -2.28. The topological polar surface area (TPSA) is 88.2 Å². The fraction of sp³-hybridized carbons (Fsp3) is 0.444. The fourth-order valence-corrected chi connectivity index (χ4v) is 1.97. The van der Waals surface area contributed by atoms with Gasteiger partial charge in [0, 0.05) is 17.8 Å². The lowest BCUT2D eigenvalue weighted by Gasteiger charge is -2.26. The molecule has 1 aliphatic rings. The van der Waals surface area contributed by atoms with Crippen molar-refractivity contribution in [3.05, 3.63) is 41.6 Å². The molecule has 1 aliphatic heterocycles. The molecule has 0 saturated carbocycles. The zero-order valence-electron chi connectivity index (χ0n) is 15.7. The van der Waals surface area contributed by atoms with E-state index in [1.54, 1.807) is 17.9 Å². The molecule has 1 aromatic carbocycles. The van der Waals surface area contributed by atoms with E-state index < -0.39 is 12.3 Å². The molecule has 0 aromatic heterocycles. The van der Waals surface area contributed by atoms with Crippen LogP contribution in [0, 0.1) is 0 Å². The molecule has 0 spiro atoms. The number of carboxylic acid groups (broad SMARTS) is 1. The fourth-order valence-electron chi connectivity index (χ4n) is 1.97. The normalized spacial score (nSPS) is 14.6. The summed E-state index contributed by atoms with van der Waals surface area (Å²) < 4.78 is 40.5. The Bertz CT molecular complexity index is 717. The molecule has 0 radical (unpaired) electrons. The van der Waals surface area contributed by atoms with Crippen LogP contribution in [0.1, 0.15) is 33.3 Å². The number of allylic oxidation sites excluding steroid dienone is 1. The number of nitrogens with two attached hydrogens (primary N) is 1. The summed E-state index contributed by atoms with van der Waals surface area (Å²) >= 11 is 0. The van der Waals surface area contributed by atoms with Crippen molar-refractivity contribution in [3.8, 4) is 5.75 Å². The summed E-state index contributed by atoms with van der Waals surface area (Å²) in [6.45, 7) is 8.04. The zero-order chi connectivity index (χ0) is 20.8. The Hall–Kier alpha value is -2.55. The van der Waals surface area contributed by atoms with Crippen LogP contribution in [0.3, 0.4) is 0 Å². The maximum absolute atomic E-state index is 12.2. The van der Waals surface area contributed by atoms with Gasteiger partial charge in [0.2, 0.25) is 0 Å². The first kappa shape index (κ1) is 22.5. The van der Waals surface area contributed by atoms with Gasteiger partial charge in [-0.15, -0.1) is 13.2 Å². The minimum Gasteiger partial charge on any atom is -0.477 e. The van der Waals surface area contributed by atoms with E-state index >= 15 is 0 Å². The number of hydrogen-bond donors (Lipinski definition) is 2. The van der Waals surface area contributed by atoms with Gasteiger partial charge in [0.1, 0.15) is 18.1 Å². The molecule has 0 bridgehead atoms. The highest BCUT2D eigenvalue weighted by atomic mass is 19.4. The molecule has 9 heteroatoms. The van der Waals surface area contributed by atoms with Crippen LogP contribution in [0.15, 0.2) is 41.0 Å². The smallest absolute Gasteiger partial charge is 0.477 e. The molecule has 3 N–H and O–H groups in total. The minimum absolute atomic E-state index is 0. The van der Waals surface area contributed by atoms with Gasteiger partial charge in [-0.3, -0.25) is 4.99 Å². The van der Waals surface area contributed by atoms with Gasteiger partial charge in [0.25, 0.3) is 0 Å². The Labute approximate surface area is 156 Å². The van der Waals surface area contributed by atoms with Crippen molar-refractivity contribution in [1.82, 2.24) is 4.90 Å². The summed E-state index contributed by atoms with van der Waals surface area (Å²) in [5, 5.41) is 8.86. The van der Waals surface area contributed by atoms with Crippen LogP contribution in [0.25, 0.3) is 0 Å². The van der Waals surface area contributed by atoms with Gasteiger partial charge in [-0.2, -0.15) is 0 Å². The van der Waals surface area contributed by atoms with Crippen LogP contribution in [0.5, 0.6) is 5.75 Å². The minimum atomic E-state index is -4.74. The van der Waals surface area contributed by atoms with E-state index in [-0.39, 0.29) is 23.7 Å². The van der Waals surface area contributed by atoms with Gasteiger partial charge in [0.15, 0.2) is 0 Å². The van der Waals surface area contributed by atoms with E-state index in [2.05, 4.69) is 9.73 Å². The van der Waals surface area contributed by atoms with Crippen molar-refractivity contribution < 1.29 is 27.8 Å². The number of rotatable bonds is 4. The van der Waals surface area contributed by atoms with E-state index in [9.17, 15) is 18.0 Å². The van der Waals surface area contributed by atoms with E-state index in [1.165, 1.54) is 24.3 Å². The first-order chi connectivity index (χ1) is 12.2. The number of alkyl halides is 3. The van der Waals surface area contributed by atoms with Crippen LogP contribution in [0.4, 0.5) is 13.2 Å². The Morgan fingerprint density at radius 3 is 2.41 bits per heavy atom. The molecule has 6 nitrogen and oxygen atoms in total. The number of ether oxygens (including phenoxy) is 1. The van der Waals surface area contributed by atoms with Gasteiger partial charge in [-0.05, 0) is 51.5 Å². The van der Waals surface area contributed by atoms with E-state index in [4.69, 9.17) is 10.8 Å². The van der Waals surface area contributed by atoms with Crippen molar-refractivity contribution in [2.75, 3.05) is 6.67 Å². The van der Waals surface area contributed by atoms with Gasteiger partial charge >= 0.3 is 12.3 Å². The van der Waals surface area contributed by atoms with Crippen molar-refractivity contribution in [1.29, 1.82) is 0 Å². The number of carboxylic acids is 1. The maximum atomic E-state index is 12.2. The number of aliphatic carboxylic acids is 1. The maximum Gasteiger partial charge on any atom is 0.573 e. The van der Waals surface area contributed by atoms with Crippen molar-refractivity contribution in [2.24, 2.45) is 10.7 Å². The van der Waals surface area contributed by atoms with Crippen LogP contribution < -0.4 is 10.5 Å². The number of hydrogen-bond acceptors (Lipinski definition) is 5. The lowest BCUT2D eigenvalue weighted by molar-refractivity contribution is -0.274. The summed E-state index contributed by atoms with van der Waals surface area (Å²) in [7, 11) is 0. The highest BCUT2D eigenvalue weighted by molar-refractivity contribution is 6.40. The monoisotopic (exact) mass is 387 g/mol. The summed E-state index contributed by atoms with van der Waals surface area (Å²) in [6.07, 6.45) is -3.32. The van der Waals surface area contributed by atoms with E-state index in [0.717, 1.165) is 0 Å². The third kappa shape index (κ3) is 9.64. The second kappa shape index (κ2) is 8.90. The summed E-state index contributed by atoms with van der Waals surface area (Å²) in [4.78, 5) is 16.5. The first-order valence-corrected chi connectivity index (χ1v) is 8.09. The van der Waals surface area contributed by atoms with E-state index in [0.29, 0.717) is 17.8 Å². The molecule has 1 aromatic rings. The third-order valence-corrected chi connectivity index (χ3v) is 2.98. The quantitative estimate of drug-likeness (QED) is 0.825. The average molecular weight is 387 g/mol. The Morgan fingerprint density at radius 1 is 1.33 bits per heavy atom. The second-order valence-corrected chi connectivity index (χ2v) is 7.03. The predicted molar refractivity (Wildman–Crippen MR) is 96.3 cm³/mol. The highest BCUT2D eigenvalue weighted by Crippen LogP contribution is 2.24. The van der Waals surface area contributed by atoms with Crippen molar-refractivity contribution in [2.45, 2.75) is 46.1 Å². The standard InChI is InChI=1S/C14H13F3N2O3.C4H11N/c1-9-5-12(13(20)21)18-8-19(9)7-10-3-2-4-11(6-10)22-14(15,16)17;1-4(2,3)5/h2-6H,7-8H2,1H3,(H,20,21);5H2,1-3H3. The van der Waals surface area contributed by atoms with Crippen LogP contribution >= 0.6 is 0 Å². The van der Waals surface area contributed by atoms with E-state index in [1.807, 2.05) is 20.8 Å². The van der Waals surface area contributed by atoms with Gasteiger partial charge in [0.05, 0.1) is 0 Å². The Morgan fingerprint density at radius 2 is 1.93 bits per heavy atom. The predicted octanol–water partition coefficient (Wildman–Crippen LogP) is 3.53. The van der Waals surface area contributed by atoms with Crippen LogP contribution in [-0.2, 0) is 11.3 Å². The summed E-state index contributed by atoms with van der Waals surface area (Å²) in [5.41, 5.74) is 6.59. The largest absolute Gasteiger partial charge is 0.573 e. The van der Waals surface area contributed by atoms with Gasteiger partial charge in [-0.1, -0.05) is 12.1 Å². The number of carbonyl (C=O) groups is 1. The highest BCUT2D eigenvalue weighted by Gasteiger charge is 2.31. The lowest BCUT2D eigenvalue weighted by atomic mass is 10.1. The summed E-state index contributed by atoms with van der Waals surface area (Å²) in [6, 6.07) is 5.63. The van der Waals surface area contributed by atoms with Gasteiger partial charge in [-0.25, -0.2) is 4.79 Å². The van der Waals surface area contributed by atoms with Crippen LogP contribution in [0.2, 0.25) is 0 Å². The molecule has 2 rings (SSSR count). The molecule has 0 atom stereocenters. The average Bonchev–Trinajstić information content (AvgIpc) is 2.46. The van der Waals surface area contributed by atoms with Gasteiger partial charge < -0.3 is 20.5 Å². The molecule has 1 heterocycles. The molecule has 0 amide bonds. The molecule has 27 heavy (non-hydrogen) atoms. The number of nitrogens with zero attached hydrogens (tertiary/aromatic N) is 2. The molecular weight excluding hydrogens is 363 g/mol. The molecule has 0 unspecified atom stereocenters. The number of halogens is 3. The molecular formula is C18H24F3N3O3. The second-order valence-electron chi connectivity index (χ2n) is 7.03. The molecule has 0 fully saturated rings. The molecule has 150 valence electrons. The number of benzene rings is 1. The molecule has 0 saturated heterocycles. The molecule has 0 aliphatic carbocycles. The Balaban J connectivity index is 0.000000646.